The molecule has 0 aliphatic rings. The third-order valence-electron chi connectivity index (χ3n) is 17.9. The molecule has 0 aliphatic carbocycles. The van der Waals surface area contributed by atoms with E-state index in [9.17, 15) is 0 Å². The Kier molecular flexibility index (Phi) is 15.6. The summed E-state index contributed by atoms with van der Waals surface area (Å²) in [6.07, 6.45) is 6.65. The minimum Gasteiger partial charge on any atom is -0.125 e. The summed E-state index contributed by atoms with van der Waals surface area (Å²) in [5, 5.41) is 15.7. The summed E-state index contributed by atoms with van der Waals surface area (Å²) in [7, 11) is -3.95. The zero-order valence-electron chi connectivity index (χ0n) is 47.4. The molecule has 0 N–H and O–H groups in total. The van der Waals surface area contributed by atoms with Gasteiger partial charge < -0.3 is 0 Å². The predicted octanol–water partition coefficient (Wildman–Crippen LogP) is 21.8. The maximum Gasteiger partial charge on any atom is 0.146 e. The van der Waals surface area contributed by atoms with Crippen molar-refractivity contribution in [3.8, 4) is 45.2 Å². The normalized spacial score (nSPS) is 12.5. The maximum absolute atomic E-state index is 4.11. The molecule has 0 amide bonds. The molecule has 2 heteroatoms. The van der Waals surface area contributed by atoms with Crippen molar-refractivity contribution < 1.29 is 0 Å². The van der Waals surface area contributed by atoms with Gasteiger partial charge >= 0.3 is 0 Å². The van der Waals surface area contributed by atoms with Crippen LogP contribution in [0.15, 0.2) is 133 Å². The van der Waals surface area contributed by atoms with Crippen LogP contribution < -0.4 is 0 Å². The summed E-state index contributed by atoms with van der Waals surface area (Å²) in [4.78, 5) is 0. The van der Waals surface area contributed by atoms with Crippen LogP contribution in [0.3, 0.4) is 0 Å². The van der Waals surface area contributed by atoms with E-state index in [2.05, 4.69) is 253 Å². The van der Waals surface area contributed by atoms with Gasteiger partial charge in [0.25, 0.3) is 0 Å². The molecule has 0 atom stereocenters. The van der Waals surface area contributed by atoms with E-state index < -0.39 is 16.1 Å². The Morgan fingerprint density at radius 3 is 0.905 bits per heavy atom. The Labute approximate surface area is 447 Å². The van der Waals surface area contributed by atoms with Gasteiger partial charge in [0.2, 0.25) is 0 Å². The van der Waals surface area contributed by atoms with Crippen LogP contribution in [0.2, 0.25) is 33.2 Å². The molecule has 378 valence electrons. The van der Waals surface area contributed by atoms with Crippen LogP contribution >= 0.6 is 0 Å². The number of aryl methyl sites for hydroxylation is 2. The van der Waals surface area contributed by atoms with Crippen molar-refractivity contribution in [3.63, 3.8) is 0 Å². The van der Waals surface area contributed by atoms with Crippen molar-refractivity contribution in [2.45, 2.75) is 169 Å². The van der Waals surface area contributed by atoms with Gasteiger partial charge in [-0.05, 0) is 181 Å². The summed E-state index contributed by atoms with van der Waals surface area (Å²) in [6.45, 7) is 33.7. The maximum atomic E-state index is 4.11. The van der Waals surface area contributed by atoms with Crippen molar-refractivity contribution in [1.82, 2.24) is 0 Å². The van der Waals surface area contributed by atoms with Gasteiger partial charge in [0, 0.05) is 11.1 Å². The van der Waals surface area contributed by atoms with Crippen molar-refractivity contribution >= 4 is 80.8 Å². The second-order valence-electron chi connectivity index (χ2n) is 23.7. The van der Waals surface area contributed by atoms with E-state index in [4.69, 9.17) is 0 Å². The van der Waals surface area contributed by atoms with Crippen LogP contribution in [0, 0.1) is 22.9 Å². The molecule has 0 spiro atoms. The van der Waals surface area contributed by atoms with E-state index in [0.29, 0.717) is 33.2 Å². The standard InChI is InChI=1S/C72H82Si2/c1-15-17-29-55-57-35-23-27-53(41-43-73(47(3)4,48(5)6)49(7)8)67(57)45-69-59(55)37-25-39-65(69)71-61-31-19-21-33-63(61)72(64-34-22-20-32-62(64)71)66-40-26-38-60-56(30-18-16-2)58-36-24-28-54(68(58)46-70(60)66)42-44-74(50(9)10,51(11)12)52(13)14/h19-28,31-40,45-52H,15-18,29-30H2,1-14H3. The van der Waals surface area contributed by atoms with Crippen molar-refractivity contribution in [3.05, 3.63) is 156 Å². The highest BCUT2D eigenvalue weighted by Gasteiger charge is 2.43. The van der Waals surface area contributed by atoms with E-state index in [-0.39, 0.29) is 0 Å². The Morgan fingerprint density at radius 2 is 0.608 bits per heavy atom. The first kappa shape index (κ1) is 52.9. The number of hydrogen-bond acceptors (Lipinski definition) is 0. The van der Waals surface area contributed by atoms with Crippen LogP contribution in [0.5, 0.6) is 0 Å². The molecule has 9 rings (SSSR count). The van der Waals surface area contributed by atoms with E-state index >= 15 is 0 Å². The fourth-order valence-corrected chi connectivity index (χ4v) is 24.8. The molecule has 0 heterocycles. The molecular formula is C72H82Si2. The second-order valence-corrected chi connectivity index (χ2v) is 34.8. The molecule has 0 radical (unpaired) electrons. The summed E-state index contributed by atoms with van der Waals surface area (Å²) in [5.74, 6) is 7.88. The SMILES string of the molecule is CCCCc1c2cccc(C#C[Si](C(C)C)(C(C)C)C(C)C)c2cc2c(-c3c4ccccc4c(-c4cccc5c(CCCC)c6cccc(C#C[Si](C(C)C)(C(C)C)C(C)C)c6cc45)c4ccccc34)cccc12. The second kappa shape index (κ2) is 21.7. The summed E-state index contributed by atoms with van der Waals surface area (Å²) < 4.78 is 0. The zero-order valence-corrected chi connectivity index (χ0v) is 49.4. The highest BCUT2D eigenvalue weighted by atomic mass is 28.3. The van der Waals surface area contributed by atoms with Crippen LogP contribution in [-0.2, 0) is 12.8 Å². The predicted molar refractivity (Wildman–Crippen MR) is 335 cm³/mol. The lowest BCUT2D eigenvalue weighted by molar-refractivity contribution is 0.802. The van der Waals surface area contributed by atoms with Gasteiger partial charge in [0.1, 0.15) is 16.1 Å². The Morgan fingerprint density at radius 1 is 0.324 bits per heavy atom. The van der Waals surface area contributed by atoms with E-state index in [0.717, 1.165) is 49.7 Å². The van der Waals surface area contributed by atoms with Crippen molar-refractivity contribution in [2.75, 3.05) is 0 Å². The van der Waals surface area contributed by atoms with Crippen molar-refractivity contribution in [1.29, 1.82) is 0 Å². The van der Waals surface area contributed by atoms with Gasteiger partial charge in [-0.2, -0.15) is 0 Å². The smallest absolute Gasteiger partial charge is 0.125 e. The fourth-order valence-electron chi connectivity index (χ4n) is 14.3. The van der Waals surface area contributed by atoms with Crippen LogP contribution in [0.1, 0.15) is 145 Å². The average Bonchev–Trinajstić information content (AvgIpc) is 3.38. The van der Waals surface area contributed by atoms with Gasteiger partial charge in [-0.25, -0.2) is 0 Å². The molecule has 0 saturated carbocycles. The largest absolute Gasteiger partial charge is 0.146 e. The molecule has 0 unspecified atom stereocenters. The molecular weight excluding hydrogens is 921 g/mol. The highest BCUT2D eigenvalue weighted by Crippen LogP contribution is 2.49. The molecule has 0 aliphatic heterocycles. The highest BCUT2D eigenvalue weighted by molar-refractivity contribution is 6.91. The van der Waals surface area contributed by atoms with Crippen molar-refractivity contribution in [2.24, 2.45) is 0 Å². The molecule has 0 nitrogen and oxygen atoms in total. The molecule has 9 aromatic rings. The van der Waals surface area contributed by atoms with Crippen LogP contribution in [0.25, 0.3) is 86.9 Å². The molecule has 0 aromatic heterocycles. The van der Waals surface area contributed by atoms with Gasteiger partial charge in [0.15, 0.2) is 0 Å². The lowest BCUT2D eigenvalue weighted by Crippen LogP contribution is -2.43. The molecule has 0 bridgehead atoms. The Balaban J connectivity index is 1.36. The van der Waals surface area contributed by atoms with E-state index in [1.54, 1.807) is 0 Å². The van der Waals surface area contributed by atoms with Gasteiger partial charge in [0.05, 0.1) is 0 Å². The first-order valence-electron chi connectivity index (χ1n) is 28.6. The molecule has 0 saturated heterocycles. The van der Waals surface area contributed by atoms with Crippen LogP contribution in [-0.4, -0.2) is 16.1 Å². The third-order valence-corrected chi connectivity index (χ3v) is 30.5. The first-order valence-corrected chi connectivity index (χ1v) is 33.0. The minimum absolute atomic E-state index is 0.571. The van der Waals surface area contributed by atoms with Crippen LogP contribution in [0.4, 0.5) is 0 Å². The van der Waals surface area contributed by atoms with E-state index in [1.165, 1.54) is 98.0 Å². The number of fused-ring (bicyclic) bond motifs is 6. The Bertz CT molecular complexity index is 3340. The molecule has 74 heavy (non-hydrogen) atoms. The lowest BCUT2D eigenvalue weighted by Gasteiger charge is -2.38. The summed E-state index contributed by atoms with van der Waals surface area (Å²) >= 11 is 0. The quantitative estimate of drug-likeness (QED) is 0.0579. The summed E-state index contributed by atoms with van der Waals surface area (Å²) in [5.41, 5.74) is 22.1. The molecule has 9 aromatic carbocycles. The number of rotatable bonds is 14. The van der Waals surface area contributed by atoms with E-state index in [1.807, 2.05) is 0 Å². The lowest BCUT2D eigenvalue weighted by atomic mass is 9.81. The fraction of sp³-hybridized carbons (Fsp3) is 0.361. The van der Waals surface area contributed by atoms with Gasteiger partial charge in [-0.1, -0.05) is 231 Å². The van der Waals surface area contributed by atoms with Gasteiger partial charge in [-0.3, -0.25) is 0 Å². The monoisotopic (exact) mass is 1000 g/mol. The number of unbranched alkanes of at least 4 members (excludes halogenated alkanes) is 2. The Hall–Kier alpha value is -5.91. The number of benzene rings is 9. The zero-order chi connectivity index (χ0) is 52.6. The minimum atomic E-state index is -1.98. The molecule has 0 fully saturated rings. The summed E-state index contributed by atoms with van der Waals surface area (Å²) in [6, 6.07) is 51.6. The topological polar surface area (TPSA) is 0 Å². The number of hydrogen-bond donors (Lipinski definition) is 0. The third kappa shape index (κ3) is 9.03. The average molecular weight is 1000 g/mol. The van der Waals surface area contributed by atoms with Gasteiger partial charge in [-0.15, -0.1) is 11.1 Å². The first-order chi connectivity index (χ1) is 35.6.